The molecule has 2 aromatic carbocycles. The van der Waals surface area contributed by atoms with E-state index in [2.05, 4.69) is 11.6 Å². The number of carbonyl (C=O) groups is 1. The Labute approximate surface area is 155 Å². The molecule has 6 heteroatoms. The van der Waals surface area contributed by atoms with E-state index in [0.717, 1.165) is 19.5 Å². The van der Waals surface area contributed by atoms with Gasteiger partial charge in [-0.25, -0.2) is 8.42 Å². The summed E-state index contributed by atoms with van der Waals surface area (Å²) >= 11 is 0. The molecular weight excluding hydrogens is 348 g/mol. The van der Waals surface area contributed by atoms with Gasteiger partial charge in [0.15, 0.2) is 0 Å². The van der Waals surface area contributed by atoms with Gasteiger partial charge in [-0.2, -0.15) is 0 Å². The number of rotatable bonds is 8. The summed E-state index contributed by atoms with van der Waals surface area (Å²) in [5.41, 5.74) is 0.898. The van der Waals surface area contributed by atoms with E-state index < -0.39 is 10.0 Å². The fourth-order valence-corrected chi connectivity index (χ4v) is 3.94. The van der Waals surface area contributed by atoms with Gasteiger partial charge >= 0.3 is 0 Å². The van der Waals surface area contributed by atoms with Gasteiger partial charge in [0.1, 0.15) is 0 Å². The first-order valence-corrected chi connectivity index (χ1v) is 10.4. The summed E-state index contributed by atoms with van der Waals surface area (Å²) < 4.78 is 27.5. The molecule has 0 atom stereocenters. The van der Waals surface area contributed by atoms with Crippen molar-refractivity contribution in [1.82, 2.24) is 4.90 Å². The number of nitrogens with one attached hydrogen (secondary N) is 1. The van der Waals surface area contributed by atoms with Gasteiger partial charge < -0.3 is 4.90 Å². The largest absolute Gasteiger partial charge is 0.338 e. The molecule has 26 heavy (non-hydrogen) atoms. The van der Waals surface area contributed by atoms with Crippen molar-refractivity contribution in [3.63, 3.8) is 0 Å². The Morgan fingerprint density at radius 1 is 1.12 bits per heavy atom. The zero-order valence-corrected chi connectivity index (χ0v) is 15.7. The summed E-state index contributed by atoms with van der Waals surface area (Å²) in [5, 5.41) is 0. The van der Waals surface area contributed by atoms with Crippen LogP contribution in [0, 0.1) is 5.92 Å². The number of hydrogen-bond donors (Lipinski definition) is 1. The quantitative estimate of drug-likeness (QED) is 0.767. The van der Waals surface area contributed by atoms with Gasteiger partial charge in [0.2, 0.25) is 0 Å². The van der Waals surface area contributed by atoms with Crippen LogP contribution in [0.5, 0.6) is 0 Å². The van der Waals surface area contributed by atoms with Crippen LogP contribution in [0.15, 0.2) is 59.5 Å². The fraction of sp³-hybridized carbons (Fsp3) is 0.350. The molecule has 0 heterocycles. The topological polar surface area (TPSA) is 66.5 Å². The van der Waals surface area contributed by atoms with Crippen molar-refractivity contribution in [1.29, 1.82) is 0 Å². The summed E-state index contributed by atoms with van der Waals surface area (Å²) in [4.78, 5) is 14.9. The van der Waals surface area contributed by atoms with Gasteiger partial charge in [-0.05, 0) is 55.5 Å². The smallest absolute Gasteiger partial charge is 0.261 e. The van der Waals surface area contributed by atoms with Gasteiger partial charge in [0.25, 0.3) is 15.9 Å². The third-order valence-electron chi connectivity index (χ3n) is 4.37. The summed E-state index contributed by atoms with van der Waals surface area (Å²) in [6.45, 7) is 3.56. The zero-order valence-electron chi connectivity index (χ0n) is 14.9. The minimum absolute atomic E-state index is 0.0421. The van der Waals surface area contributed by atoms with E-state index in [9.17, 15) is 13.2 Å². The average molecular weight is 372 g/mol. The van der Waals surface area contributed by atoms with Gasteiger partial charge in [-0.15, -0.1) is 0 Å². The van der Waals surface area contributed by atoms with Crippen molar-refractivity contribution in [2.24, 2.45) is 5.92 Å². The van der Waals surface area contributed by atoms with Crippen LogP contribution in [-0.2, 0) is 10.0 Å². The number of amides is 1. The zero-order chi connectivity index (χ0) is 18.6. The van der Waals surface area contributed by atoms with E-state index >= 15 is 0 Å². The molecule has 0 radical (unpaired) electrons. The summed E-state index contributed by atoms with van der Waals surface area (Å²) in [7, 11) is -3.67. The molecule has 0 spiro atoms. The van der Waals surface area contributed by atoms with Gasteiger partial charge in [0.05, 0.1) is 4.90 Å². The minimum atomic E-state index is -3.67. The third kappa shape index (κ3) is 4.64. The van der Waals surface area contributed by atoms with E-state index in [1.54, 1.807) is 42.5 Å². The maximum Gasteiger partial charge on any atom is 0.261 e. The highest BCUT2D eigenvalue weighted by Crippen LogP contribution is 2.30. The van der Waals surface area contributed by atoms with E-state index in [1.807, 2.05) is 4.90 Å². The lowest BCUT2D eigenvalue weighted by Crippen LogP contribution is -2.33. The second kappa shape index (κ2) is 7.91. The predicted molar refractivity (Wildman–Crippen MR) is 103 cm³/mol. The first-order chi connectivity index (χ1) is 12.5. The highest BCUT2D eigenvalue weighted by molar-refractivity contribution is 7.92. The molecule has 1 saturated carbocycles. The Bertz CT molecular complexity index is 862. The number of benzene rings is 2. The maximum atomic E-state index is 12.8. The lowest BCUT2D eigenvalue weighted by Gasteiger charge is -2.22. The predicted octanol–water partition coefficient (Wildman–Crippen LogP) is 3.75. The lowest BCUT2D eigenvalue weighted by molar-refractivity contribution is 0.0748. The Hall–Kier alpha value is -2.34. The number of anilines is 1. The van der Waals surface area contributed by atoms with Crippen molar-refractivity contribution >= 4 is 21.6 Å². The molecule has 3 rings (SSSR count). The van der Waals surface area contributed by atoms with Crippen LogP contribution < -0.4 is 4.72 Å². The second-order valence-corrected chi connectivity index (χ2v) is 8.38. The summed E-state index contributed by atoms with van der Waals surface area (Å²) in [6, 6.07) is 14.9. The number of sulfonamides is 1. The van der Waals surface area contributed by atoms with Crippen molar-refractivity contribution in [3.8, 4) is 0 Å². The van der Waals surface area contributed by atoms with Crippen molar-refractivity contribution in [3.05, 3.63) is 60.2 Å². The van der Waals surface area contributed by atoms with Gasteiger partial charge in [-0.3, -0.25) is 9.52 Å². The monoisotopic (exact) mass is 372 g/mol. The fourth-order valence-electron chi connectivity index (χ4n) is 2.87. The Morgan fingerprint density at radius 3 is 2.50 bits per heavy atom. The number of carbonyl (C=O) groups excluding carboxylic acids is 1. The molecule has 5 nitrogen and oxygen atoms in total. The average Bonchev–Trinajstić information content (AvgIpc) is 3.45. The van der Waals surface area contributed by atoms with Crippen LogP contribution in [-0.4, -0.2) is 32.3 Å². The molecular formula is C20H24N2O3S. The van der Waals surface area contributed by atoms with Crippen LogP contribution in [0.3, 0.4) is 0 Å². The first kappa shape index (κ1) is 18.5. The van der Waals surface area contributed by atoms with Gasteiger partial charge in [-0.1, -0.05) is 31.2 Å². The minimum Gasteiger partial charge on any atom is -0.338 e. The highest BCUT2D eigenvalue weighted by Gasteiger charge is 2.27. The SMILES string of the molecule is CCCN(CC1CC1)C(=O)c1cccc(NS(=O)(=O)c2ccccc2)c1. The summed E-state index contributed by atoms with van der Waals surface area (Å²) in [6.07, 6.45) is 3.27. The van der Waals surface area contributed by atoms with Crippen LogP contribution in [0.25, 0.3) is 0 Å². The molecule has 1 fully saturated rings. The van der Waals surface area contributed by atoms with Crippen LogP contribution in [0.2, 0.25) is 0 Å². The molecule has 138 valence electrons. The van der Waals surface area contributed by atoms with E-state index in [-0.39, 0.29) is 10.8 Å². The molecule has 0 aromatic heterocycles. The van der Waals surface area contributed by atoms with Crippen LogP contribution >= 0.6 is 0 Å². The normalized spacial score (nSPS) is 14.0. The number of hydrogen-bond acceptors (Lipinski definition) is 3. The Balaban J connectivity index is 1.78. The molecule has 1 aliphatic rings. The standard InChI is InChI=1S/C20H24N2O3S/c1-2-13-22(15-16-11-12-16)20(23)17-7-6-8-18(14-17)21-26(24,25)19-9-4-3-5-10-19/h3-10,14,16,21H,2,11-13,15H2,1H3. The van der Waals surface area contributed by atoms with Gasteiger partial charge in [0, 0.05) is 24.3 Å². The van der Waals surface area contributed by atoms with E-state index in [1.165, 1.54) is 25.0 Å². The van der Waals surface area contributed by atoms with Crippen molar-refractivity contribution in [2.45, 2.75) is 31.1 Å². The number of nitrogens with zero attached hydrogens (tertiary/aromatic N) is 1. The molecule has 1 N–H and O–H groups in total. The van der Waals surface area contributed by atoms with Crippen molar-refractivity contribution in [2.75, 3.05) is 17.8 Å². The maximum absolute atomic E-state index is 12.8. The third-order valence-corrected chi connectivity index (χ3v) is 5.77. The molecule has 1 amide bonds. The van der Waals surface area contributed by atoms with E-state index in [4.69, 9.17) is 0 Å². The van der Waals surface area contributed by atoms with Crippen LogP contribution in [0.4, 0.5) is 5.69 Å². The Morgan fingerprint density at radius 2 is 1.85 bits per heavy atom. The van der Waals surface area contributed by atoms with Crippen LogP contribution in [0.1, 0.15) is 36.5 Å². The highest BCUT2D eigenvalue weighted by atomic mass is 32.2. The first-order valence-electron chi connectivity index (χ1n) is 8.97. The molecule has 0 unspecified atom stereocenters. The van der Waals surface area contributed by atoms with Crippen molar-refractivity contribution < 1.29 is 13.2 Å². The summed E-state index contributed by atoms with van der Waals surface area (Å²) in [5.74, 6) is 0.574. The molecule has 0 saturated heterocycles. The lowest BCUT2D eigenvalue weighted by atomic mass is 10.1. The molecule has 1 aliphatic carbocycles. The second-order valence-electron chi connectivity index (χ2n) is 6.69. The Kier molecular flexibility index (Phi) is 5.61. The van der Waals surface area contributed by atoms with E-state index in [0.29, 0.717) is 17.2 Å². The molecule has 0 bridgehead atoms. The molecule has 2 aromatic rings. The molecule has 0 aliphatic heterocycles.